The molecule has 1 heterocycles. The van der Waals surface area contributed by atoms with Gasteiger partial charge in [-0.25, -0.2) is 4.98 Å². The van der Waals surface area contributed by atoms with E-state index in [4.69, 9.17) is 14.9 Å². The maximum Gasteiger partial charge on any atom is 0.311 e. The van der Waals surface area contributed by atoms with E-state index in [-0.39, 0.29) is 17.3 Å². The van der Waals surface area contributed by atoms with Crippen molar-refractivity contribution in [2.75, 3.05) is 12.3 Å². The summed E-state index contributed by atoms with van der Waals surface area (Å²) in [5, 5.41) is 11.2. The van der Waals surface area contributed by atoms with Crippen LogP contribution in [0.25, 0.3) is 22.6 Å². The molecule has 0 fully saturated rings. The third-order valence-corrected chi connectivity index (χ3v) is 3.15. The summed E-state index contributed by atoms with van der Waals surface area (Å²) in [6, 6.07) is 9.80. The highest BCUT2D eigenvalue weighted by Gasteiger charge is 2.19. The number of hydrogen-bond acceptors (Lipinski definition) is 6. The number of nitrogen functional groups attached to an aromatic ring is 1. The number of rotatable bonds is 4. The lowest BCUT2D eigenvalue weighted by atomic mass is 10.2. The average molecular weight is 299 g/mol. The summed E-state index contributed by atoms with van der Waals surface area (Å²) < 4.78 is 10.9. The van der Waals surface area contributed by atoms with Crippen LogP contribution in [0.1, 0.15) is 6.92 Å². The lowest BCUT2D eigenvalue weighted by Crippen LogP contribution is -1.97. The summed E-state index contributed by atoms with van der Waals surface area (Å²) in [7, 11) is 0. The topological polar surface area (TPSA) is 104 Å². The minimum Gasteiger partial charge on any atom is -0.487 e. The Hall–Kier alpha value is -3.09. The first-order valence-electron chi connectivity index (χ1n) is 6.66. The van der Waals surface area contributed by atoms with Gasteiger partial charge in [-0.05, 0) is 31.2 Å². The molecule has 0 amide bonds. The van der Waals surface area contributed by atoms with E-state index in [1.807, 2.05) is 0 Å². The van der Waals surface area contributed by atoms with Crippen LogP contribution < -0.4 is 10.5 Å². The van der Waals surface area contributed by atoms with Crippen molar-refractivity contribution < 1.29 is 14.1 Å². The average Bonchev–Trinajstić information content (AvgIpc) is 2.93. The molecule has 0 bridgehead atoms. The second kappa shape index (κ2) is 5.36. The SMILES string of the molecule is CCOc1ccc(-c2nc3c(N)cccc3o2)cc1[N+](=O)[O-]. The van der Waals surface area contributed by atoms with Gasteiger partial charge in [0.05, 0.1) is 17.2 Å². The van der Waals surface area contributed by atoms with Crippen LogP contribution >= 0.6 is 0 Å². The van der Waals surface area contributed by atoms with E-state index < -0.39 is 4.92 Å². The van der Waals surface area contributed by atoms with Gasteiger partial charge >= 0.3 is 5.69 Å². The van der Waals surface area contributed by atoms with Crippen molar-refractivity contribution in [1.29, 1.82) is 0 Å². The van der Waals surface area contributed by atoms with Crippen LogP contribution in [-0.4, -0.2) is 16.5 Å². The number of nitrogens with two attached hydrogens (primary N) is 1. The molecular formula is C15H13N3O4. The van der Waals surface area contributed by atoms with Gasteiger partial charge in [0, 0.05) is 11.6 Å². The quantitative estimate of drug-likeness (QED) is 0.450. The molecule has 0 aliphatic rings. The molecule has 0 aliphatic heterocycles. The summed E-state index contributed by atoms with van der Waals surface area (Å²) in [4.78, 5) is 15.0. The summed E-state index contributed by atoms with van der Waals surface area (Å²) in [6.07, 6.45) is 0. The van der Waals surface area contributed by atoms with E-state index >= 15 is 0 Å². The van der Waals surface area contributed by atoms with Crippen LogP contribution in [0, 0.1) is 10.1 Å². The molecule has 0 atom stereocenters. The second-order valence-corrected chi connectivity index (χ2v) is 4.59. The number of ether oxygens (including phenoxy) is 1. The van der Waals surface area contributed by atoms with E-state index in [0.29, 0.717) is 29.0 Å². The van der Waals surface area contributed by atoms with Gasteiger partial charge in [-0.1, -0.05) is 6.07 Å². The predicted octanol–water partition coefficient (Wildman–Crippen LogP) is 3.38. The van der Waals surface area contributed by atoms with Crippen molar-refractivity contribution in [2.45, 2.75) is 6.92 Å². The molecule has 0 saturated heterocycles. The van der Waals surface area contributed by atoms with Gasteiger partial charge in [-0.2, -0.15) is 0 Å². The lowest BCUT2D eigenvalue weighted by Gasteiger charge is -2.04. The van der Waals surface area contributed by atoms with Gasteiger partial charge in [0.25, 0.3) is 0 Å². The molecule has 3 rings (SSSR count). The molecule has 0 saturated carbocycles. The van der Waals surface area contributed by atoms with Crippen molar-refractivity contribution in [3.8, 4) is 17.2 Å². The standard InChI is InChI=1S/C15H13N3O4/c1-2-21-12-7-6-9(8-11(12)18(19)20)15-17-14-10(16)4-3-5-13(14)22-15/h3-8H,2,16H2,1H3. The Morgan fingerprint density at radius 1 is 1.36 bits per heavy atom. The number of nitro groups is 1. The van der Waals surface area contributed by atoms with Crippen LogP contribution in [0.15, 0.2) is 40.8 Å². The number of benzene rings is 2. The molecule has 7 heteroatoms. The van der Waals surface area contributed by atoms with Gasteiger partial charge in [0.15, 0.2) is 11.3 Å². The maximum absolute atomic E-state index is 11.2. The van der Waals surface area contributed by atoms with Gasteiger partial charge < -0.3 is 14.9 Å². The van der Waals surface area contributed by atoms with E-state index in [1.54, 1.807) is 31.2 Å². The van der Waals surface area contributed by atoms with Crippen molar-refractivity contribution in [1.82, 2.24) is 4.98 Å². The fraction of sp³-hybridized carbons (Fsp3) is 0.133. The Balaban J connectivity index is 2.12. The Morgan fingerprint density at radius 2 is 2.18 bits per heavy atom. The van der Waals surface area contributed by atoms with Crippen LogP contribution in [0.5, 0.6) is 5.75 Å². The van der Waals surface area contributed by atoms with E-state index in [2.05, 4.69) is 4.98 Å². The molecule has 0 radical (unpaired) electrons. The minimum atomic E-state index is -0.495. The Morgan fingerprint density at radius 3 is 2.86 bits per heavy atom. The largest absolute Gasteiger partial charge is 0.487 e. The molecule has 2 N–H and O–H groups in total. The zero-order chi connectivity index (χ0) is 15.7. The molecule has 7 nitrogen and oxygen atoms in total. The first-order chi connectivity index (χ1) is 10.6. The monoisotopic (exact) mass is 299 g/mol. The van der Waals surface area contributed by atoms with Crippen molar-refractivity contribution in [2.24, 2.45) is 0 Å². The summed E-state index contributed by atoms with van der Waals surface area (Å²) in [6.45, 7) is 2.11. The number of oxazole rings is 1. The molecule has 0 spiro atoms. The molecule has 2 aromatic carbocycles. The number of aromatic nitrogens is 1. The second-order valence-electron chi connectivity index (χ2n) is 4.59. The van der Waals surface area contributed by atoms with Crippen molar-refractivity contribution in [3.63, 3.8) is 0 Å². The molecule has 0 aliphatic carbocycles. The number of anilines is 1. The number of nitrogens with zero attached hydrogens (tertiary/aromatic N) is 2. The van der Waals surface area contributed by atoms with Crippen LogP contribution in [0.4, 0.5) is 11.4 Å². The normalized spacial score (nSPS) is 10.8. The Kier molecular flexibility index (Phi) is 3.38. The first kappa shape index (κ1) is 13.9. The Bertz CT molecular complexity index is 857. The molecule has 3 aromatic rings. The summed E-state index contributed by atoms with van der Waals surface area (Å²) in [5.41, 5.74) is 7.76. The number of hydrogen-bond donors (Lipinski definition) is 1. The van der Waals surface area contributed by atoms with E-state index in [0.717, 1.165) is 0 Å². The van der Waals surface area contributed by atoms with Crippen LogP contribution in [-0.2, 0) is 0 Å². The zero-order valence-corrected chi connectivity index (χ0v) is 11.8. The van der Waals surface area contributed by atoms with Crippen molar-refractivity contribution >= 4 is 22.5 Å². The smallest absolute Gasteiger partial charge is 0.311 e. The summed E-state index contributed by atoms with van der Waals surface area (Å²) in [5.74, 6) is 0.492. The van der Waals surface area contributed by atoms with E-state index in [1.165, 1.54) is 12.1 Å². The minimum absolute atomic E-state index is 0.130. The van der Waals surface area contributed by atoms with Gasteiger partial charge in [-0.15, -0.1) is 0 Å². The molecular weight excluding hydrogens is 286 g/mol. The third-order valence-electron chi connectivity index (χ3n) is 3.15. The first-order valence-corrected chi connectivity index (χ1v) is 6.66. The Labute approximate surface area is 125 Å². The highest BCUT2D eigenvalue weighted by molar-refractivity contribution is 5.87. The summed E-state index contributed by atoms with van der Waals surface area (Å²) >= 11 is 0. The predicted molar refractivity (Wildman–Crippen MR) is 81.7 cm³/mol. The number of nitro benzene ring substituents is 1. The lowest BCUT2D eigenvalue weighted by molar-refractivity contribution is -0.385. The fourth-order valence-electron chi connectivity index (χ4n) is 2.16. The number of fused-ring (bicyclic) bond motifs is 1. The molecule has 112 valence electrons. The maximum atomic E-state index is 11.2. The molecule has 22 heavy (non-hydrogen) atoms. The van der Waals surface area contributed by atoms with Gasteiger partial charge in [0.2, 0.25) is 5.89 Å². The van der Waals surface area contributed by atoms with Gasteiger partial charge in [0.1, 0.15) is 5.52 Å². The highest BCUT2D eigenvalue weighted by atomic mass is 16.6. The highest BCUT2D eigenvalue weighted by Crippen LogP contribution is 2.34. The fourth-order valence-corrected chi connectivity index (χ4v) is 2.16. The van der Waals surface area contributed by atoms with Crippen LogP contribution in [0.2, 0.25) is 0 Å². The molecule has 0 unspecified atom stereocenters. The van der Waals surface area contributed by atoms with E-state index in [9.17, 15) is 10.1 Å². The third kappa shape index (κ3) is 2.32. The zero-order valence-electron chi connectivity index (χ0n) is 11.8. The van der Waals surface area contributed by atoms with Gasteiger partial charge in [-0.3, -0.25) is 10.1 Å². The van der Waals surface area contributed by atoms with Crippen molar-refractivity contribution in [3.05, 3.63) is 46.5 Å². The number of para-hydroxylation sites is 1. The van der Waals surface area contributed by atoms with Crippen LogP contribution in [0.3, 0.4) is 0 Å². The molecule has 1 aromatic heterocycles.